The lowest BCUT2D eigenvalue weighted by Gasteiger charge is -2.32. The molecule has 0 spiro atoms. The summed E-state index contributed by atoms with van der Waals surface area (Å²) >= 11 is 0. The topological polar surface area (TPSA) is 23.8 Å². The highest BCUT2D eigenvalue weighted by Gasteiger charge is 2.32. The van der Waals surface area contributed by atoms with E-state index in [0.29, 0.717) is 23.0 Å². The summed E-state index contributed by atoms with van der Waals surface area (Å²) in [4.78, 5) is 0. The standard InChI is InChI=1S/C36H47F2N/c1-2-3-4-5-25-6-8-26(9-7-25)10-11-27-14-21-33-32(22-27)23-34(37)35(36(33)38)31-19-17-30(18-20-31)29-15-12-28(24-39)13-16-29/h12-13,15-16,23,25-27,30-31H,2-11,14,17-22H2,1H3. The first kappa shape index (κ1) is 28.3. The number of fused-ring (bicyclic) bond motifs is 1. The van der Waals surface area contributed by atoms with Crippen LogP contribution in [-0.4, -0.2) is 0 Å². The van der Waals surface area contributed by atoms with Gasteiger partial charge in [-0.15, -0.1) is 0 Å². The van der Waals surface area contributed by atoms with Crippen LogP contribution in [0.2, 0.25) is 0 Å². The van der Waals surface area contributed by atoms with Crippen molar-refractivity contribution in [3.63, 3.8) is 0 Å². The molecule has 2 fully saturated rings. The molecule has 2 aromatic carbocycles. The van der Waals surface area contributed by atoms with Crippen LogP contribution < -0.4 is 0 Å². The Labute approximate surface area is 235 Å². The zero-order valence-electron chi connectivity index (χ0n) is 24.0. The molecule has 0 N–H and O–H groups in total. The molecule has 1 nitrogen and oxygen atoms in total. The molecule has 3 aliphatic rings. The molecule has 39 heavy (non-hydrogen) atoms. The monoisotopic (exact) mass is 531 g/mol. The number of halogens is 2. The van der Waals surface area contributed by atoms with Crippen molar-refractivity contribution in [3.8, 4) is 6.07 Å². The summed E-state index contributed by atoms with van der Waals surface area (Å²) in [5.41, 5.74) is 4.03. The third kappa shape index (κ3) is 6.93. The average Bonchev–Trinajstić information content (AvgIpc) is 2.97. The van der Waals surface area contributed by atoms with Crippen LogP contribution in [0.3, 0.4) is 0 Å². The van der Waals surface area contributed by atoms with E-state index in [-0.39, 0.29) is 17.6 Å². The molecule has 3 heteroatoms. The van der Waals surface area contributed by atoms with E-state index in [1.807, 2.05) is 24.3 Å². The van der Waals surface area contributed by atoms with Gasteiger partial charge < -0.3 is 0 Å². The van der Waals surface area contributed by atoms with Crippen molar-refractivity contribution in [1.82, 2.24) is 0 Å². The Morgan fingerprint density at radius 1 is 0.769 bits per heavy atom. The number of nitrogens with zero attached hydrogens (tertiary/aromatic N) is 1. The number of benzene rings is 2. The van der Waals surface area contributed by atoms with E-state index in [1.165, 1.54) is 69.8 Å². The summed E-state index contributed by atoms with van der Waals surface area (Å²) in [7, 11) is 0. The lowest BCUT2D eigenvalue weighted by atomic mass is 9.73. The van der Waals surface area contributed by atoms with E-state index in [2.05, 4.69) is 13.0 Å². The van der Waals surface area contributed by atoms with Crippen molar-refractivity contribution < 1.29 is 8.78 Å². The largest absolute Gasteiger partial charge is 0.207 e. The van der Waals surface area contributed by atoms with Gasteiger partial charge in [0, 0.05) is 5.56 Å². The van der Waals surface area contributed by atoms with Crippen LogP contribution in [0, 0.1) is 40.7 Å². The van der Waals surface area contributed by atoms with Crippen molar-refractivity contribution in [2.45, 2.75) is 128 Å². The number of rotatable bonds is 9. The SMILES string of the molecule is CCCCCC1CCC(CCC2CCc3c(cc(F)c(C4CCC(c5ccc(C#N)cc5)CC4)c3F)C2)CC1. The van der Waals surface area contributed by atoms with Gasteiger partial charge in [0.25, 0.3) is 0 Å². The van der Waals surface area contributed by atoms with Gasteiger partial charge >= 0.3 is 0 Å². The molecule has 0 aromatic heterocycles. The Morgan fingerprint density at radius 3 is 2.08 bits per heavy atom. The molecule has 2 saturated carbocycles. The zero-order valence-corrected chi connectivity index (χ0v) is 24.0. The fourth-order valence-electron chi connectivity index (χ4n) is 8.07. The van der Waals surface area contributed by atoms with Gasteiger partial charge in [0.05, 0.1) is 11.6 Å². The predicted octanol–water partition coefficient (Wildman–Crippen LogP) is 10.5. The third-order valence-corrected chi connectivity index (χ3v) is 10.6. The van der Waals surface area contributed by atoms with Gasteiger partial charge in [0.1, 0.15) is 11.6 Å². The molecule has 0 bridgehead atoms. The molecule has 210 valence electrons. The van der Waals surface area contributed by atoms with E-state index in [9.17, 15) is 0 Å². The van der Waals surface area contributed by atoms with Crippen molar-refractivity contribution in [1.29, 1.82) is 5.26 Å². The first-order valence-electron chi connectivity index (χ1n) is 16.0. The highest BCUT2D eigenvalue weighted by Crippen LogP contribution is 2.44. The van der Waals surface area contributed by atoms with Gasteiger partial charge in [-0.3, -0.25) is 0 Å². The number of unbranched alkanes of at least 4 members (excludes halogenated alkanes) is 2. The molecule has 2 aromatic rings. The molecule has 3 aliphatic carbocycles. The van der Waals surface area contributed by atoms with Gasteiger partial charge in [-0.05, 0) is 116 Å². The van der Waals surface area contributed by atoms with E-state index in [0.717, 1.165) is 67.9 Å². The second-order valence-corrected chi connectivity index (χ2v) is 13.1. The van der Waals surface area contributed by atoms with Crippen LogP contribution >= 0.6 is 0 Å². The molecule has 1 unspecified atom stereocenters. The summed E-state index contributed by atoms with van der Waals surface area (Å²) in [6, 6.07) is 11.7. The third-order valence-electron chi connectivity index (χ3n) is 10.6. The summed E-state index contributed by atoms with van der Waals surface area (Å²) < 4.78 is 31.2. The Morgan fingerprint density at radius 2 is 1.41 bits per heavy atom. The van der Waals surface area contributed by atoms with Gasteiger partial charge in [-0.25, -0.2) is 8.78 Å². The molecule has 0 amide bonds. The Hall–Kier alpha value is -2.21. The molecule has 0 radical (unpaired) electrons. The molecule has 0 aliphatic heterocycles. The number of hydrogen-bond acceptors (Lipinski definition) is 1. The van der Waals surface area contributed by atoms with Crippen molar-refractivity contribution in [2.24, 2.45) is 17.8 Å². The first-order chi connectivity index (χ1) is 19.1. The predicted molar refractivity (Wildman–Crippen MR) is 156 cm³/mol. The van der Waals surface area contributed by atoms with Crippen LogP contribution in [0.15, 0.2) is 30.3 Å². The minimum atomic E-state index is -0.310. The Balaban J connectivity index is 1.13. The van der Waals surface area contributed by atoms with E-state index in [4.69, 9.17) is 5.26 Å². The number of hydrogen-bond donors (Lipinski definition) is 0. The minimum absolute atomic E-state index is 0.0280. The van der Waals surface area contributed by atoms with Crippen LogP contribution in [0.25, 0.3) is 0 Å². The molecule has 1 atom stereocenters. The van der Waals surface area contributed by atoms with Gasteiger partial charge in [0.2, 0.25) is 0 Å². The molecule has 0 heterocycles. The second kappa shape index (κ2) is 13.4. The number of nitriles is 1. The minimum Gasteiger partial charge on any atom is -0.207 e. The van der Waals surface area contributed by atoms with Gasteiger partial charge in [0.15, 0.2) is 0 Å². The maximum Gasteiger partial charge on any atom is 0.133 e. The summed E-state index contributed by atoms with van der Waals surface area (Å²) in [5.74, 6) is 2.24. The summed E-state index contributed by atoms with van der Waals surface area (Å²) in [5, 5.41) is 9.05. The fraction of sp³-hybridized carbons (Fsp3) is 0.639. The van der Waals surface area contributed by atoms with Gasteiger partial charge in [-0.2, -0.15) is 5.26 Å². The normalized spacial score (nSPS) is 27.1. The molecule has 5 rings (SSSR count). The van der Waals surface area contributed by atoms with Crippen LogP contribution in [0.1, 0.15) is 143 Å². The quantitative estimate of drug-likeness (QED) is 0.295. The zero-order chi connectivity index (χ0) is 27.2. The maximum atomic E-state index is 15.8. The van der Waals surface area contributed by atoms with Crippen LogP contribution in [-0.2, 0) is 12.8 Å². The highest BCUT2D eigenvalue weighted by atomic mass is 19.1. The summed E-state index contributed by atoms with van der Waals surface area (Å²) in [6.07, 6.45) is 19.8. The van der Waals surface area contributed by atoms with Crippen molar-refractivity contribution in [3.05, 3.63) is 69.8 Å². The van der Waals surface area contributed by atoms with Crippen LogP contribution in [0.4, 0.5) is 8.78 Å². The van der Waals surface area contributed by atoms with E-state index in [1.54, 1.807) is 6.07 Å². The van der Waals surface area contributed by atoms with Gasteiger partial charge in [-0.1, -0.05) is 76.8 Å². The lowest BCUT2D eigenvalue weighted by molar-refractivity contribution is 0.233. The molecular weight excluding hydrogens is 484 g/mol. The summed E-state index contributed by atoms with van der Waals surface area (Å²) in [6.45, 7) is 2.29. The fourth-order valence-corrected chi connectivity index (χ4v) is 8.07. The Kier molecular flexibility index (Phi) is 9.75. The van der Waals surface area contributed by atoms with E-state index < -0.39 is 0 Å². The highest BCUT2D eigenvalue weighted by molar-refractivity contribution is 5.39. The average molecular weight is 532 g/mol. The lowest BCUT2D eigenvalue weighted by Crippen LogP contribution is -2.21. The Bertz CT molecular complexity index is 1110. The van der Waals surface area contributed by atoms with E-state index >= 15 is 8.78 Å². The first-order valence-corrected chi connectivity index (χ1v) is 16.0. The molecular formula is C36H47F2N. The molecule has 0 saturated heterocycles. The van der Waals surface area contributed by atoms with Crippen LogP contribution in [0.5, 0.6) is 0 Å². The second-order valence-electron chi connectivity index (χ2n) is 13.1. The smallest absolute Gasteiger partial charge is 0.133 e. The van der Waals surface area contributed by atoms with Crippen molar-refractivity contribution in [2.75, 3.05) is 0 Å². The van der Waals surface area contributed by atoms with Crippen molar-refractivity contribution >= 4 is 0 Å². The maximum absolute atomic E-state index is 15.8.